The Kier molecular flexibility index (Phi) is 16.5. The van der Waals surface area contributed by atoms with E-state index >= 15 is 0 Å². The lowest BCUT2D eigenvalue weighted by Gasteiger charge is -2.19. The zero-order chi connectivity index (χ0) is 28.4. The van der Waals surface area contributed by atoms with Gasteiger partial charge in [-0.3, -0.25) is 9.32 Å². The maximum Gasteiger partial charge on any atom is 0.470 e. The van der Waals surface area contributed by atoms with E-state index in [2.05, 4.69) is 26.2 Å². The minimum atomic E-state index is -4.63. The van der Waals surface area contributed by atoms with Gasteiger partial charge < -0.3 is 14.5 Å². The Morgan fingerprint density at radius 2 is 1.84 bits per heavy atom. The fraction of sp³-hybridized carbons (Fsp3) is 0.452. The normalized spacial score (nSPS) is 28.5. The number of rotatable bonds is 6. The first kappa shape index (κ1) is 33.5. The Bertz CT molecular complexity index is 992. The lowest BCUT2D eigenvalue weighted by atomic mass is 9.96. The van der Waals surface area contributed by atoms with E-state index in [4.69, 9.17) is 9.26 Å². The van der Waals surface area contributed by atoms with Crippen molar-refractivity contribution in [3.05, 3.63) is 96.7 Å². The number of esters is 1. The van der Waals surface area contributed by atoms with Crippen LogP contribution in [0.1, 0.15) is 72.1 Å². The molecule has 38 heavy (non-hydrogen) atoms. The molecule has 0 aromatic carbocycles. The van der Waals surface area contributed by atoms with E-state index in [9.17, 15) is 19.1 Å². The summed E-state index contributed by atoms with van der Waals surface area (Å²) in [5, 5.41) is 0. The van der Waals surface area contributed by atoms with Gasteiger partial charge in [-0.2, -0.15) is 0 Å². The van der Waals surface area contributed by atoms with Crippen LogP contribution in [-0.4, -0.2) is 28.0 Å². The maximum absolute atomic E-state index is 12.7. The molecule has 0 fully saturated rings. The SMILES string of the molecule is C=C/C=C(\C)CCC1C/C=C\C=C(/C)C(OP(=O)(O)O)CCC/C=C/C=C/C=C/CC(C)C(=C)CC(=O)O1. The predicted octanol–water partition coefficient (Wildman–Crippen LogP) is 8.01. The molecular weight excluding hydrogens is 499 g/mol. The average molecular weight is 545 g/mol. The third-order valence-electron chi connectivity index (χ3n) is 6.23. The number of carbonyl (C=O) groups excluding carboxylic acids is 1. The van der Waals surface area contributed by atoms with Crippen LogP contribution in [0.3, 0.4) is 0 Å². The van der Waals surface area contributed by atoms with Crippen LogP contribution in [-0.2, 0) is 18.6 Å². The summed E-state index contributed by atoms with van der Waals surface area (Å²) in [6.07, 6.45) is 25.0. The van der Waals surface area contributed by atoms with Gasteiger partial charge in [0.05, 0.1) is 12.5 Å². The van der Waals surface area contributed by atoms with E-state index in [0.29, 0.717) is 24.8 Å². The number of hydrogen-bond acceptors (Lipinski definition) is 4. The number of phosphoric ester groups is 1. The first-order chi connectivity index (χ1) is 18.0. The largest absolute Gasteiger partial charge is 0.470 e. The van der Waals surface area contributed by atoms with Crippen LogP contribution in [0.2, 0.25) is 0 Å². The topological polar surface area (TPSA) is 93.1 Å². The maximum atomic E-state index is 12.7. The van der Waals surface area contributed by atoms with Crippen molar-refractivity contribution in [1.82, 2.24) is 0 Å². The monoisotopic (exact) mass is 544 g/mol. The number of cyclic esters (lactones) is 1. The quantitative estimate of drug-likeness (QED) is 0.152. The van der Waals surface area contributed by atoms with Gasteiger partial charge in [-0.25, -0.2) is 4.57 Å². The summed E-state index contributed by atoms with van der Waals surface area (Å²) in [6.45, 7) is 13.7. The van der Waals surface area contributed by atoms with Gasteiger partial charge in [0.25, 0.3) is 0 Å². The molecule has 0 saturated carbocycles. The second-order valence-corrected chi connectivity index (χ2v) is 10.9. The molecule has 3 unspecified atom stereocenters. The fourth-order valence-electron chi connectivity index (χ4n) is 3.82. The van der Waals surface area contributed by atoms with Crippen LogP contribution in [0.15, 0.2) is 96.7 Å². The first-order valence-electron chi connectivity index (χ1n) is 13.2. The van der Waals surface area contributed by atoms with Crippen LogP contribution in [0.25, 0.3) is 0 Å². The van der Waals surface area contributed by atoms with Crippen molar-refractivity contribution in [3.8, 4) is 0 Å². The summed E-state index contributed by atoms with van der Waals surface area (Å²) < 4.78 is 22.4. The van der Waals surface area contributed by atoms with Crippen molar-refractivity contribution in [2.75, 3.05) is 0 Å². The van der Waals surface area contributed by atoms with Gasteiger partial charge in [-0.15, -0.1) is 0 Å². The van der Waals surface area contributed by atoms with E-state index in [1.165, 1.54) is 0 Å². The number of hydrogen-bond donors (Lipinski definition) is 2. The third-order valence-corrected chi connectivity index (χ3v) is 6.76. The molecule has 1 aliphatic rings. The van der Waals surface area contributed by atoms with Gasteiger partial charge in [0.1, 0.15) is 6.10 Å². The third kappa shape index (κ3) is 16.4. The predicted molar refractivity (Wildman–Crippen MR) is 156 cm³/mol. The molecule has 3 atom stereocenters. The van der Waals surface area contributed by atoms with Crippen LogP contribution >= 0.6 is 7.82 Å². The van der Waals surface area contributed by atoms with E-state index in [1.54, 1.807) is 19.1 Å². The van der Waals surface area contributed by atoms with Gasteiger partial charge in [0, 0.05) is 6.42 Å². The highest BCUT2D eigenvalue weighted by Crippen LogP contribution is 2.40. The molecule has 0 aliphatic carbocycles. The Morgan fingerprint density at radius 1 is 1.16 bits per heavy atom. The van der Waals surface area contributed by atoms with Crippen molar-refractivity contribution in [1.29, 1.82) is 0 Å². The zero-order valence-corrected chi connectivity index (χ0v) is 24.0. The number of carbonyl (C=O) groups is 1. The molecular formula is C31H45O6P. The lowest BCUT2D eigenvalue weighted by Crippen LogP contribution is -2.19. The van der Waals surface area contributed by atoms with E-state index in [0.717, 1.165) is 36.8 Å². The minimum absolute atomic E-state index is 0.160. The molecule has 7 heteroatoms. The van der Waals surface area contributed by atoms with Crippen LogP contribution in [0, 0.1) is 5.92 Å². The Balaban J connectivity index is 3.11. The van der Waals surface area contributed by atoms with Crippen LogP contribution < -0.4 is 0 Å². The fourth-order valence-corrected chi connectivity index (χ4v) is 4.43. The molecule has 0 saturated heterocycles. The molecule has 2 N–H and O–H groups in total. The number of ether oxygens (including phenoxy) is 1. The van der Waals surface area contributed by atoms with E-state index in [1.807, 2.05) is 55.5 Å². The molecule has 0 spiro atoms. The van der Waals surface area contributed by atoms with Crippen molar-refractivity contribution >= 4 is 13.8 Å². The van der Waals surface area contributed by atoms with Gasteiger partial charge in [0.15, 0.2) is 0 Å². The smallest absolute Gasteiger partial charge is 0.462 e. The van der Waals surface area contributed by atoms with Gasteiger partial charge in [0.2, 0.25) is 0 Å². The second kappa shape index (κ2) is 18.7. The molecule has 210 valence electrons. The highest BCUT2D eigenvalue weighted by molar-refractivity contribution is 7.46. The van der Waals surface area contributed by atoms with E-state index < -0.39 is 13.9 Å². The second-order valence-electron chi connectivity index (χ2n) is 9.70. The lowest BCUT2D eigenvalue weighted by molar-refractivity contribution is -0.148. The Hall–Kier alpha value is -2.50. The van der Waals surface area contributed by atoms with Crippen molar-refractivity contribution in [2.45, 2.75) is 84.3 Å². The summed E-state index contributed by atoms with van der Waals surface area (Å²) in [7, 11) is -4.63. The highest BCUT2D eigenvalue weighted by Gasteiger charge is 2.23. The first-order valence-corrected chi connectivity index (χ1v) is 14.8. The Labute approximate surface area is 229 Å². The summed E-state index contributed by atoms with van der Waals surface area (Å²) in [4.78, 5) is 31.4. The summed E-state index contributed by atoms with van der Waals surface area (Å²) in [5.74, 6) is -0.128. The van der Waals surface area contributed by atoms with Gasteiger partial charge >= 0.3 is 13.8 Å². The highest BCUT2D eigenvalue weighted by atomic mass is 31.2. The summed E-state index contributed by atoms with van der Waals surface area (Å²) in [6, 6.07) is 0. The average Bonchev–Trinajstić information content (AvgIpc) is 2.83. The standard InChI is InChI=1S/C31H45O6P/c1-6-17-25(2)22-23-29-20-16-15-19-27(4)30(37-38(33,34)35)21-14-12-10-8-7-9-11-13-18-26(3)28(5)24-31(32)36-29/h6-11,13,15-17,19,26,29-30H,1,5,12,14,18,20-24H2,2-4H3,(H2,33,34,35)/b9-7+,10-8+,13-11+,16-15-,25-17+,27-19+. The van der Waals surface area contributed by atoms with Crippen LogP contribution in [0.4, 0.5) is 0 Å². The molecule has 0 aromatic heterocycles. The van der Waals surface area contributed by atoms with Gasteiger partial charge in [-0.1, -0.05) is 98.1 Å². The summed E-state index contributed by atoms with van der Waals surface area (Å²) in [5.41, 5.74) is 2.71. The van der Waals surface area contributed by atoms with Crippen molar-refractivity contribution in [2.24, 2.45) is 5.92 Å². The summed E-state index contributed by atoms with van der Waals surface area (Å²) >= 11 is 0. The number of allylic oxidation sites excluding steroid dienone is 11. The van der Waals surface area contributed by atoms with Crippen LogP contribution in [0.5, 0.6) is 0 Å². The Morgan fingerprint density at radius 3 is 2.53 bits per heavy atom. The molecule has 1 heterocycles. The van der Waals surface area contributed by atoms with Crippen molar-refractivity contribution < 1.29 is 28.4 Å². The molecule has 0 radical (unpaired) electrons. The van der Waals surface area contributed by atoms with E-state index in [-0.39, 0.29) is 24.4 Å². The van der Waals surface area contributed by atoms with Gasteiger partial charge in [-0.05, 0) is 63.9 Å². The number of phosphoric acid groups is 1. The molecule has 0 aromatic rings. The molecule has 1 rings (SSSR count). The van der Waals surface area contributed by atoms with Crippen molar-refractivity contribution in [3.63, 3.8) is 0 Å². The zero-order valence-electron chi connectivity index (χ0n) is 23.1. The molecule has 0 amide bonds. The molecule has 6 nitrogen and oxygen atoms in total. The minimum Gasteiger partial charge on any atom is -0.462 e. The molecule has 1 aliphatic heterocycles. The molecule has 0 bridgehead atoms.